The van der Waals surface area contributed by atoms with Crippen molar-refractivity contribution in [1.29, 1.82) is 0 Å². The van der Waals surface area contributed by atoms with Crippen LogP contribution >= 0.6 is 0 Å². The van der Waals surface area contributed by atoms with E-state index in [1.165, 1.54) is 4.90 Å². The van der Waals surface area contributed by atoms with Crippen molar-refractivity contribution in [3.8, 4) is 0 Å². The van der Waals surface area contributed by atoms with E-state index in [0.29, 0.717) is 41.2 Å². The van der Waals surface area contributed by atoms with Gasteiger partial charge in [0.1, 0.15) is 17.5 Å². The maximum atomic E-state index is 14.2. The fraction of sp³-hybridized carbons (Fsp3) is 0.333. The van der Waals surface area contributed by atoms with Crippen LogP contribution in [0.25, 0.3) is 16.7 Å². The average Bonchev–Trinajstić information content (AvgIpc) is 3.49. The maximum Gasteiger partial charge on any atom is 0.294 e. The normalized spacial score (nSPS) is 16.5. The van der Waals surface area contributed by atoms with E-state index in [0.717, 1.165) is 25.0 Å². The molecule has 2 aromatic heterocycles. The fourth-order valence-electron chi connectivity index (χ4n) is 5.02. The molecule has 4 heterocycles. The van der Waals surface area contributed by atoms with Crippen molar-refractivity contribution in [3.63, 3.8) is 0 Å². The first-order valence-corrected chi connectivity index (χ1v) is 11.2. The molecule has 34 heavy (non-hydrogen) atoms. The van der Waals surface area contributed by atoms with Crippen LogP contribution in [0.4, 0.5) is 8.78 Å². The molecule has 0 saturated carbocycles. The van der Waals surface area contributed by atoms with Crippen LogP contribution in [0.3, 0.4) is 0 Å². The molecule has 0 atom stereocenters. The molecule has 2 aliphatic rings. The Kier molecular flexibility index (Phi) is 4.73. The number of fused-ring (bicyclic) bond motifs is 4. The summed E-state index contributed by atoms with van der Waals surface area (Å²) in [5.74, 6) is -0.593. The molecule has 1 saturated heterocycles. The van der Waals surface area contributed by atoms with Crippen LogP contribution in [-0.2, 0) is 17.8 Å². The first-order chi connectivity index (χ1) is 16.4. The number of halogens is 2. The Morgan fingerprint density at radius 3 is 2.44 bits per heavy atom. The molecule has 0 radical (unpaired) electrons. The van der Waals surface area contributed by atoms with E-state index in [1.54, 1.807) is 17.4 Å². The number of benzene rings is 2. The third kappa shape index (κ3) is 3.12. The summed E-state index contributed by atoms with van der Waals surface area (Å²) in [6, 6.07) is 5.60. The lowest BCUT2D eigenvalue weighted by molar-refractivity contribution is 0.0749. The number of aromatic nitrogens is 4. The van der Waals surface area contributed by atoms with Gasteiger partial charge in [0.2, 0.25) is 5.65 Å². The standard InChI is InChI=1S/C24H21F2N5O3/c1-12-8-20-19(27-23(32)22-29-28-21(31(20)22)13-4-6-34-7-5-13)9-14(12)24(33)30-10-15-16(11-30)18(26)3-2-17(15)25/h2-3,8-9,13H,4-7,10-11H2,1H3,(H,27,32). The molecular formula is C24H21F2N5O3. The number of ether oxygens (including phenoxy) is 1. The summed E-state index contributed by atoms with van der Waals surface area (Å²) in [5.41, 5.74) is 2.39. The molecule has 4 aromatic rings. The second kappa shape index (κ2) is 7.69. The summed E-state index contributed by atoms with van der Waals surface area (Å²) >= 11 is 0. The number of H-pyrrole nitrogens is 1. The molecule has 8 nitrogen and oxygen atoms in total. The first-order valence-electron chi connectivity index (χ1n) is 11.2. The first kappa shape index (κ1) is 20.9. The molecule has 1 N–H and O–H groups in total. The Balaban J connectivity index is 1.44. The number of nitrogens with zero attached hydrogens (tertiary/aromatic N) is 4. The van der Waals surface area contributed by atoms with Crippen LogP contribution < -0.4 is 5.56 Å². The molecule has 0 unspecified atom stereocenters. The molecular weight excluding hydrogens is 444 g/mol. The number of carbonyl (C=O) groups excluding carboxylic acids is 1. The Morgan fingerprint density at radius 2 is 1.76 bits per heavy atom. The van der Waals surface area contributed by atoms with Gasteiger partial charge in [-0.15, -0.1) is 10.2 Å². The minimum Gasteiger partial charge on any atom is -0.381 e. The Hall–Kier alpha value is -3.66. The summed E-state index contributed by atoms with van der Waals surface area (Å²) in [7, 11) is 0. The number of aryl methyl sites for hydroxylation is 1. The highest BCUT2D eigenvalue weighted by molar-refractivity contribution is 5.99. The third-order valence-corrected chi connectivity index (χ3v) is 6.84. The summed E-state index contributed by atoms with van der Waals surface area (Å²) < 4.78 is 35.6. The van der Waals surface area contributed by atoms with Gasteiger partial charge in [-0.25, -0.2) is 8.78 Å². The van der Waals surface area contributed by atoms with Gasteiger partial charge in [-0.2, -0.15) is 0 Å². The topological polar surface area (TPSA) is 92.6 Å². The lowest BCUT2D eigenvalue weighted by atomic mass is 9.99. The molecule has 0 bridgehead atoms. The number of carbonyl (C=O) groups is 1. The van der Waals surface area contributed by atoms with E-state index in [2.05, 4.69) is 15.2 Å². The zero-order valence-corrected chi connectivity index (χ0v) is 18.4. The van der Waals surface area contributed by atoms with E-state index >= 15 is 0 Å². The van der Waals surface area contributed by atoms with E-state index in [1.807, 2.05) is 6.07 Å². The zero-order chi connectivity index (χ0) is 23.6. The van der Waals surface area contributed by atoms with Gasteiger partial charge in [-0.3, -0.25) is 14.0 Å². The van der Waals surface area contributed by atoms with Crippen molar-refractivity contribution in [3.05, 3.63) is 74.3 Å². The molecule has 2 aromatic carbocycles. The zero-order valence-electron chi connectivity index (χ0n) is 18.4. The summed E-state index contributed by atoms with van der Waals surface area (Å²) in [5, 5.41) is 8.43. The highest BCUT2D eigenvalue weighted by Gasteiger charge is 2.30. The number of nitrogens with one attached hydrogen (secondary N) is 1. The van der Waals surface area contributed by atoms with E-state index in [4.69, 9.17) is 4.74 Å². The monoisotopic (exact) mass is 465 g/mol. The van der Waals surface area contributed by atoms with Crippen LogP contribution in [0, 0.1) is 18.6 Å². The molecule has 6 rings (SSSR count). The predicted octanol–water partition coefficient (Wildman–Crippen LogP) is 3.21. The molecule has 10 heteroatoms. The molecule has 174 valence electrons. The highest BCUT2D eigenvalue weighted by Crippen LogP contribution is 2.31. The quantitative estimate of drug-likeness (QED) is 0.491. The second-order valence-corrected chi connectivity index (χ2v) is 8.89. The van der Waals surface area contributed by atoms with Crippen molar-refractivity contribution in [2.24, 2.45) is 0 Å². The number of aromatic amines is 1. The Labute approximate surface area is 192 Å². The third-order valence-electron chi connectivity index (χ3n) is 6.84. The van der Waals surface area contributed by atoms with Crippen LogP contribution in [0.2, 0.25) is 0 Å². The largest absolute Gasteiger partial charge is 0.381 e. The summed E-state index contributed by atoms with van der Waals surface area (Å²) in [4.78, 5) is 30.3. The fourth-order valence-corrected chi connectivity index (χ4v) is 5.02. The van der Waals surface area contributed by atoms with Crippen LogP contribution in [-0.4, -0.2) is 43.6 Å². The van der Waals surface area contributed by atoms with Gasteiger partial charge >= 0.3 is 0 Å². The van der Waals surface area contributed by atoms with Gasteiger partial charge in [0.15, 0.2) is 0 Å². The van der Waals surface area contributed by atoms with Crippen LogP contribution in [0.5, 0.6) is 0 Å². The Morgan fingerprint density at radius 1 is 1.09 bits per heavy atom. The minimum absolute atomic E-state index is 0.00979. The molecule has 2 aliphatic heterocycles. The van der Waals surface area contributed by atoms with Crippen molar-refractivity contribution < 1.29 is 18.3 Å². The van der Waals surface area contributed by atoms with Crippen molar-refractivity contribution in [1.82, 2.24) is 24.5 Å². The van der Waals surface area contributed by atoms with Gasteiger partial charge in [0.25, 0.3) is 11.5 Å². The molecule has 1 amide bonds. The second-order valence-electron chi connectivity index (χ2n) is 8.89. The van der Waals surface area contributed by atoms with E-state index < -0.39 is 17.2 Å². The molecule has 1 fully saturated rings. The van der Waals surface area contributed by atoms with Gasteiger partial charge in [-0.1, -0.05) is 0 Å². The Bertz CT molecular complexity index is 1510. The maximum absolute atomic E-state index is 14.2. The van der Waals surface area contributed by atoms with E-state index in [-0.39, 0.29) is 41.7 Å². The van der Waals surface area contributed by atoms with Gasteiger partial charge in [-0.05, 0) is 49.6 Å². The molecule has 0 spiro atoms. The summed E-state index contributed by atoms with van der Waals surface area (Å²) in [6.07, 6.45) is 1.57. The van der Waals surface area contributed by atoms with Crippen LogP contribution in [0.1, 0.15) is 51.6 Å². The smallest absolute Gasteiger partial charge is 0.294 e. The lowest BCUT2D eigenvalue weighted by Gasteiger charge is -2.21. The van der Waals surface area contributed by atoms with Crippen molar-refractivity contribution in [2.45, 2.75) is 38.8 Å². The SMILES string of the molecule is Cc1cc2c(cc1C(=O)N1Cc3c(F)ccc(F)c3C1)[nH]c(=O)c1nnc(C3CCOCC3)n12. The van der Waals surface area contributed by atoms with Gasteiger partial charge < -0.3 is 14.6 Å². The number of hydrogen-bond acceptors (Lipinski definition) is 5. The van der Waals surface area contributed by atoms with Gasteiger partial charge in [0.05, 0.1) is 11.0 Å². The van der Waals surface area contributed by atoms with Crippen molar-refractivity contribution >= 4 is 22.6 Å². The number of amides is 1. The summed E-state index contributed by atoms with van der Waals surface area (Å²) in [6.45, 7) is 3.02. The minimum atomic E-state index is -0.526. The number of rotatable bonds is 2. The van der Waals surface area contributed by atoms with Crippen molar-refractivity contribution in [2.75, 3.05) is 13.2 Å². The van der Waals surface area contributed by atoms with Gasteiger partial charge in [0, 0.05) is 48.9 Å². The average molecular weight is 465 g/mol. The van der Waals surface area contributed by atoms with Crippen LogP contribution in [0.15, 0.2) is 29.1 Å². The number of hydrogen-bond donors (Lipinski definition) is 1. The lowest BCUT2D eigenvalue weighted by Crippen LogP contribution is -2.26. The highest BCUT2D eigenvalue weighted by atomic mass is 19.1. The molecule has 0 aliphatic carbocycles. The van der Waals surface area contributed by atoms with E-state index in [9.17, 15) is 18.4 Å². The predicted molar refractivity (Wildman–Crippen MR) is 119 cm³/mol.